The van der Waals surface area contributed by atoms with Crippen molar-refractivity contribution in [1.29, 1.82) is 0 Å². The molecule has 0 N–H and O–H groups in total. The van der Waals surface area contributed by atoms with Gasteiger partial charge < -0.3 is 14.2 Å². The highest BCUT2D eigenvalue weighted by atomic mass is 19.1. The molecule has 0 saturated heterocycles. The molecule has 1 aliphatic rings. The van der Waals surface area contributed by atoms with Crippen LogP contribution in [-0.2, 0) is 9.53 Å². The number of rotatable bonds is 6. The molecule has 8 heteroatoms. The van der Waals surface area contributed by atoms with Crippen LogP contribution in [-0.4, -0.2) is 33.5 Å². The van der Waals surface area contributed by atoms with E-state index >= 15 is 0 Å². The fraction of sp³-hybridized carbons (Fsp3) is 0.217. The maximum absolute atomic E-state index is 13.8. The predicted molar refractivity (Wildman–Crippen MR) is 110 cm³/mol. The fourth-order valence-electron chi connectivity index (χ4n) is 3.33. The smallest absolute Gasteiger partial charge is 0.308 e. The lowest BCUT2D eigenvalue weighted by molar-refractivity contribution is -0.149. The lowest BCUT2D eigenvalue weighted by Crippen LogP contribution is -2.26. The number of halogens is 1. The van der Waals surface area contributed by atoms with Gasteiger partial charge in [0.2, 0.25) is 5.82 Å². The van der Waals surface area contributed by atoms with Crippen molar-refractivity contribution in [1.82, 2.24) is 15.0 Å². The summed E-state index contributed by atoms with van der Waals surface area (Å²) >= 11 is 0. The van der Waals surface area contributed by atoms with Crippen LogP contribution in [0.15, 0.2) is 53.6 Å². The molecule has 31 heavy (non-hydrogen) atoms. The first-order valence-electron chi connectivity index (χ1n) is 9.75. The summed E-state index contributed by atoms with van der Waals surface area (Å²) in [6.07, 6.45) is -0.813. The maximum atomic E-state index is 13.8. The normalized spacial score (nSPS) is 14.0. The molecule has 158 valence electrons. The van der Waals surface area contributed by atoms with E-state index in [0.717, 1.165) is 5.56 Å². The third-order valence-electron chi connectivity index (χ3n) is 5.11. The van der Waals surface area contributed by atoms with Crippen LogP contribution < -0.4 is 0 Å². The Hall–Kier alpha value is -3.81. The molecule has 0 fully saturated rings. The number of carbonyl (C=O) groups is 2. The lowest BCUT2D eigenvalue weighted by atomic mass is 10.1. The third-order valence-corrected chi connectivity index (χ3v) is 5.11. The fourth-order valence-corrected chi connectivity index (χ4v) is 3.33. The van der Waals surface area contributed by atoms with Crippen LogP contribution in [0.4, 0.5) is 4.39 Å². The van der Waals surface area contributed by atoms with Gasteiger partial charge in [0, 0.05) is 28.9 Å². The molecule has 3 aromatic rings. The summed E-state index contributed by atoms with van der Waals surface area (Å²) in [5.74, 6) is -0.783. The number of carbonyl (C=O) groups excluding carboxylic acids is 2. The SMILES string of the molecule is C=C1c2ccccc2C(=O)N1CCC(=O)OC(C)c1nc(-c2ccc(C)c(F)c2)no1. The zero-order valence-electron chi connectivity index (χ0n) is 17.1. The lowest BCUT2D eigenvalue weighted by Gasteiger charge is -2.17. The molecular formula is C23H20FN3O4. The van der Waals surface area contributed by atoms with Gasteiger partial charge in [-0.1, -0.05) is 42.1 Å². The number of hydrogen-bond acceptors (Lipinski definition) is 6. The van der Waals surface area contributed by atoms with Gasteiger partial charge in [-0.2, -0.15) is 4.98 Å². The minimum absolute atomic E-state index is 0.0206. The Kier molecular flexibility index (Phi) is 5.37. The number of nitrogens with zero attached hydrogens (tertiary/aromatic N) is 3. The van der Waals surface area contributed by atoms with Crippen molar-refractivity contribution < 1.29 is 23.2 Å². The van der Waals surface area contributed by atoms with Crippen molar-refractivity contribution in [3.63, 3.8) is 0 Å². The topological polar surface area (TPSA) is 85.5 Å². The minimum atomic E-state index is -0.793. The van der Waals surface area contributed by atoms with Gasteiger partial charge in [0.25, 0.3) is 11.8 Å². The van der Waals surface area contributed by atoms with E-state index in [-0.39, 0.29) is 36.4 Å². The first kappa shape index (κ1) is 20.5. The molecule has 2 heterocycles. The van der Waals surface area contributed by atoms with Crippen LogP contribution in [0, 0.1) is 12.7 Å². The average molecular weight is 421 g/mol. The molecule has 1 aliphatic heterocycles. The zero-order valence-corrected chi connectivity index (χ0v) is 17.1. The van der Waals surface area contributed by atoms with Gasteiger partial charge in [0.05, 0.1) is 6.42 Å². The van der Waals surface area contributed by atoms with Gasteiger partial charge in [-0.05, 0) is 31.5 Å². The first-order valence-corrected chi connectivity index (χ1v) is 9.75. The van der Waals surface area contributed by atoms with E-state index in [4.69, 9.17) is 9.26 Å². The number of fused-ring (bicyclic) bond motifs is 1. The zero-order chi connectivity index (χ0) is 22.1. The van der Waals surface area contributed by atoms with Crippen LogP contribution in [0.25, 0.3) is 17.1 Å². The summed E-state index contributed by atoms with van der Waals surface area (Å²) in [5, 5.41) is 3.83. The second kappa shape index (κ2) is 8.14. The highest BCUT2D eigenvalue weighted by Gasteiger charge is 2.31. The van der Waals surface area contributed by atoms with E-state index in [1.54, 1.807) is 38.1 Å². The van der Waals surface area contributed by atoms with Gasteiger partial charge in [0.15, 0.2) is 6.10 Å². The van der Waals surface area contributed by atoms with E-state index < -0.39 is 12.1 Å². The Bertz CT molecular complexity index is 1150. The Morgan fingerprint density at radius 3 is 2.71 bits per heavy atom. The monoisotopic (exact) mass is 421 g/mol. The number of aryl methyl sites for hydroxylation is 1. The molecule has 0 saturated carbocycles. The highest BCUT2D eigenvalue weighted by molar-refractivity contribution is 6.08. The third kappa shape index (κ3) is 3.96. The van der Waals surface area contributed by atoms with Crippen molar-refractivity contribution >= 4 is 17.6 Å². The molecule has 1 aromatic heterocycles. The summed E-state index contributed by atoms with van der Waals surface area (Å²) in [5.41, 5.74) is 2.87. The molecule has 0 spiro atoms. The highest BCUT2D eigenvalue weighted by Crippen LogP contribution is 2.31. The van der Waals surface area contributed by atoms with Crippen molar-refractivity contribution in [3.05, 3.63) is 77.4 Å². The largest absolute Gasteiger partial charge is 0.452 e. The standard InChI is InChI=1S/C23H20FN3O4/c1-13-8-9-16(12-19(13)24)21-25-22(31-26-21)15(3)30-20(28)10-11-27-14(2)17-6-4-5-7-18(17)23(27)29/h4-9,12,15H,2,10-11H2,1,3H3. The number of ether oxygens (including phenoxy) is 1. The molecule has 0 bridgehead atoms. The molecule has 7 nitrogen and oxygen atoms in total. The van der Waals surface area contributed by atoms with E-state index in [2.05, 4.69) is 16.7 Å². The van der Waals surface area contributed by atoms with Gasteiger partial charge in [-0.3, -0.25) is 9.59 Å². The predicted octanol–water partition coefficient (Wildman–Crippen LogP) is 4.31. The first-order chi connectivity index (χ1) is 14.8. The van der Waals surface area contributed by atoms with E-state index in [9.17, 15) is 14.0 Å². The van der Waals surface area contributed by atoms with Crippen molar-refractivity contribution in [2.75, 3.05) is 6.54 Å². The van der Waals surface area contributed by atoms with Gasteiger partial charge in [-0.25, -0.2) is 4.39 Å². The molecule has 1 atom stereocenters. The Morgan fingerprint density at radius 2 is 2.00 bits per heavy atom. The molecule has 1 amide bonds. The molecule has 1 unspecified atom stereocenters. The Labute approximate surface area is 178 Å². The minimum Gasteiger partial charge on any atom is -0.452 e. The number of amides is 1. The van der Waals surface area contributed by atoms with E-state index in [1.807, 2.05) is 12.1 Å². The summed E-state index contributed by atoms with van der Waals surface area (Å²) < 4.78 is 24.3. The average Bonchev–Trinajstić information content (AvgIpc) is 3.34. The molecule has 2 aromatic carbocycles. The number of esters is 1. The summed E-state index contributed by atoms with van der Waals surface area (Å²) in [6.45, 7) is 7.36. The van der Waals surface area contributed by atoms with Crippen LogP contribution in [0.2, 0.25) is 0 Å². The molecular weight excluding hydrogens is 401 g/mol. The second-order valence-corrected chi connectivity index (χ2v) is 7.25. The van der Waals surface area contributed by atoms with Gasteiger partial charge in [0.1, 0.15) is 5.82 Å². The van der Waals surface area contributed by atoms with Crippen LogP contribution in [0.3, 0.4) is 0 Å². The van der Waals surface area contributed by atoms with Gasteiger partial charge in [-0.15, -0.1) is 0 Å². The quantitative estimate of drug-likeness (QED) is 0.552. The molecule has 0 aliphatic carbocycles. The second-order valence-electron chi connectivity index (χ2n) is 7.25. The summed E-state index contributed by atoms with van der Waals surface area (Å²) in [7, 11) is 0. The molecule has 4 rings (SSSR count). The number of aromatic nitrogens is 2. The number of hydrogen-bond donors (Lipinski definition) is 0. The van der Waals surface area contributed by atoms with Crippen LogP contribution in [0.1, 0.15) is 46.8 Å². The van der Waals surface area contributed by atoms with E-state index in [1.165, 1.54) is 11.0 Å². The summed E-state index contributed by atoms with van der Waals surface area (Å²) in [6, 6.07) is 11.8. The van der Waals surface area contributed by atoms with Crippen molar-refractivity contribution in [2.45, 2.75) is 26.4 Å². The van der Waals surface area contributed by atoms with E-state index in [0.29, 0.717) is 22.4 Å². The van der Waals surface area contributed by atoms with Gasteiger partial charge >= 0.3 is 5.97 Å². The number of benzene rings is 2. The summed E-state index contributed by atoms with van der Waals surface area (Å²) in [4.78, 5) is 30.5. The van der Waals surface area contributed by atoms with Crippen molar-refractivity contribution in [2.24, 2.45) is 0 Å². The van der Waals surface area contributed by atoms with Crippen LogP contribution in [0.5, 0.6) is 0 Å². The van der Waals surface area contributed by atoms with Crippen molar-refractivity contribution in [3.8, 4) is 11.4 Å². The van der Waals surface area contributed by atoms with Crippen LogP contribution >= 0.6 is 0 Å². The Morgan fingerprint density at radius 1 is 1.26 bits per heavy atom. The molecule has 0 radical (unpaired) electrons. The maximum Gasteiger partial charge on any atom is 0.308 e. The Balaban J connectivity index is 1.35.